The number of fused-ring (bicyclic) bond motifs is 2. The van der Waals surface area contributed by atoms with Crippen molar-refractivity contribution >= 4 is 11.7 Å². The number of ether oxygens (including phenoxy) is 2. The van der Waals surface area contributed by atoms with Crippen molar-refractivity contribution in [3.63, 3.8) is 0 Å². The molecule has 0 aliphatic carbocycles. The predicted octanol–water partition coefficient (Wildman–Crippen LogP) is 3.41. The van der Waals surface area contributed by atoms with Crippen LogP contribution in [-0.4, -0.2) is 33.8 Å². The van der Waals surface area contributed by atoms with Gasteiger partial charge < -0.3 is 14.6 Å². The smallest absolute Gasteiger partial charge is 0.335 e. The second-order valence-corrected chi connectivity index (χ2v) is 7.51. The Morgan fingerprint density at radius 1 is 1.42 bits per heavy atom. The molecule has 0 amide bonds. The third-order valence-corrected chi connectivity index (χ3v) is 5.12. The highest BCUT2D eigenvalue weighted by atomic mass is 16.6. The summed E-state index contributed by atoms with van der Waals surface area (Å²) in [7, 11) is 0. The number of nitrogens with zero attached hydrogens (tertiary/aromatic N) is 1. The van der Waals surface area contributed by atoms with Gasteiger partial charge in [0, 0.05) is 24.0 Å². The molecule has 7 nitrogen and oxygen atoms in total. The monoisotopic (exact) mass is 335 g/mol. The van der Waals surface area contributed by atoms with Gasteiger partial charge in [-0.1, -0.05) is 20.8 Å². The molecule has 0 saturated carbocycles. The highest BCUT2D eigenvalue weighted by molar-refractivity contribution is 5.88. The molecule has 1 aromatic rings. The van der Waals surface area contributed by atoms with E-state index < -0.39 is 16.5 Å². The van der Waals surface area contributed by atoms with E-state index in [-0.39, 0.29) is 34.6 Å². The van der Waals surface area contributed by atoms with Crippen LogP contribution in [0, 0.1) is 15.5 Å². The Labute approximate surface area is 139 Å². The number of nitro groups is 1. The summed E-state index contributed by atoms with van der Waals surface area (Å²) in [5.41, 5.74) is -1.30. The lowest BCUT2D eigenvalue weighted by atomic mass is 9.68. The standard InChI is InChI=1S/C17H21NO6/c1-16(2,3)17(9-11-5-7-14(17)23-11)24-13-8-10(15(19)20)4-6-12(13)18(21)22/h4,6,8,11,14H,5,7,9H2,1-3H3,(H,19,20). The molecule has 2 aliphatic heterocycles. The van der Waals surface area contributed by atoms with Crippen LogP contribution in [0.2, 0.25) is 0 Å². The number of rotatable bonds is 4. The van der Waals surface area contributed by atoms with Gasteiger partial charge in [-0.2, -0.15) is 0 Å². The molecule has 3 rings (SSSR count). The van der Waals surface area contributed by atoms with Gasteiger partial charge in [0.25, 0.3) is 0 Å². The quantitative estimate of drug-likeness (QED) is 0.668. The van der Waals surface area contributed by atoms with E-state index in [1.807, 2.05) is 20.8 Å². The van der Waals surface area contributed by atoms with Crippen LogP contribution >= 0.6 is 0 Å². The van der Waals surface area contributed by atoms with Crippen LogP contribution < -0.4 is 4.74 Å². The molecule has 7 heteroatoms. The van der Waals surface area contributed by atoms with Crippen LogP contribution in [0.15, 0.2) is 18.2 Å². The molecule has 0 spiro atoms. The summed E-state index contributed by atoms with van der Waals surface area (Å²) in [6, 6.07) is 3.64. The highest BCUT2D eigenvalue weighted by Gasteiger charge is 2.60. The van der Waals surface area contributed by atoms with Gasteiger partial charge in [-0.3, -0.25) is 10.1 Å². The van der Waals surface area contributed by atoms with Crippen LogP contribution in [0.4, 0.5) is 5.69 Å². The van der Waals surface area contributed by atoms with E-state index in [1.54, 1.807) is 0 Å². The van der Waals surface area contributed by atoms with Crippen molar-refractivity contribution in [1.82, 2.24) is 0 Å². The Bertz CT molecular complexity index is 695. The van der Waals surface area contributed by atoms with E-state index in [0.29, 0.717) is 6.42 Å². The predicted molar refractivity (Wildman–Crippen MR) is 85.4 cm³/mol. The van der Waals surface area contributed by atoms with Crippen molar-refractivity contribution in [2.24, 2.45) is 5.41 Å². The molecule has 130 valence electrons. The van der Waals surface area contributed by atoms with Crippen molar-refractivity contribution in [3.8, 4) is 5.75 Å². The summed E-state index contributed by atoms with van der Waals surface area (Å²) in [5.74, 6) is -1.16. The summed E-state index contributed by atoms with van der Waals surface area (Å²) in [5, 5.41) is 20.5. The highest BCUT2D eigenvalue weighted by Crippen LogP contribution is 2.53. The molecule has 2 aliphatic rings. The summed E-state index contributed by atoms with van der Waals surface area (Å²) in [4.78, 5) is 22.0. The average Bonchev–Trinajstić information content (AvgIpc) is 3.07. The second-order valence-electron chi connectivity index (χ2n) is 7.51. The molecule has 1 N–H and O–H groups in total. The minimum atomic E-state index is -1.15. The topological polar surface area (TPSA) is 98.9 Å². The van der Waals surface area contributed by atoms with Crippen LogP contribution in [-0.2, 0) is 4.74 Å². The number of benzene rings is 1. The molecule has 2 bridgehead atoms. The molecule has 24 heavy (non-hydrogen) atoms. The molecule has 0 radical (unpaired) electrons. The Kier molecular flexibility index (Phi) is 3.79. The third-order valence-electron chi connectivity index (χ3n) is 5.12. The normalized spacial score (nSPS) is 28.8. The largest absolute Gasteiger partial charge is 0.478 e. The number of nitro benzene ring substituents is 1. The van der Waals surface area contributed by atoms with Crippen molar-refractivity contribution in [2.45, 2.75) is 57.8 Å². The first-order valence-electron chi connectivity index (χ1n) is 8.00. The van der Waals surface area contributed by atoms with E-state index in [2.05, 4.69) is 0 Å². The Balaban J connectivity index is 2.06. The Hall–Kier alpha value is -2.15. The first-order chi connectivity index (χ1) is 11.1. The fraction of sp³-hybridized carbons (Fsp3) is 0.588. The molecule has 0 aromatic heterocycles. The van der Waals surface area contributed by atoms with E-state index >= 15 is 0 Å². The molecule has 2 fully saturated rings. The minimum Gasteiger partial charge on any atom is -0.478 e. The zero-order valence-corrected chi connectivity index (χ0v) is 13.9. The number of carboxylic acid groups (broad SMARTS) is 1. The fourth-order valence-corrected chi connectivity index (χ4v) is 3.79. The Morgan fingerprint density at radius 2 is 2.12 bits per heavy atom. The van der Waals surface area contributed by atoms with Crippen molar-refractivity contribution in [2.75, 3.05) is 0 Å². The molecule has 1 aromatic carbocycles. The van der Waals surface area contributed by atoms with Gasteiger partial charge in [0.05, 0.1) is 22.7 Å². The summed E-state index contributed by atoms with van der Waals surface area (Å²) in [6.45, 7) is 6.05. The third kappa shape index (κ3) is 2.53. The zero-order chi connectivity index (χ0) is 17.7. The van der Waals surface area contributed by atoms with Gasteiger partial charge >= 0.3 is 11.7 Å². The molecular weight excluding hydrogens is 314 g/mol. The lowest BCUT2D eigenvalue weighted by Crippen LogP contribution is -2.55. The minimum absolute atomic E-state index is 0.00836. The van der Waals surface area contributed by atoms with Gasteiger partial charge in [0.1, 0.15) is 5.60 Å². The number of carboxylic acids is 1. The van der Waals surface area contributed by atoms with E-state index in [4.69, 9.17) is 9.47 Å². The van der Waals surface area contributed by atoms with Gasteiger partial charge in [-0.15, -0.1) is 0 Å². The SMILES string of the molecule is CC(C)(C)C1(Oc2cc(C(=O)O)ccc2[N+](=O)[O-])CC2CCC1O2. The number of aromatic carboxylic acids is 1. The lowest BCUT2D eigenvalue weighted by molar-refractivity contribution is -0.386. The summed E-state index contributed by atoms with van der Waals surface area (Å²) in [6.07, 6.45) is 2.40. The molecule has 2 saturated heterocycles. The second kappa shape index (κ2) is 5.44. The van der Waals surface area contributed by atoms with Gasteiger partial charge in [0.2, 0.25) is 0 Å². The first-order valence-corrected chi connectivity index (χ1v) is 8.00. The van der Waals surface area contributed by atoms with Crippen LogP contribution in [0.1, 0.15) is 50.4 Å². The summed E-state index contributed by atoms with van der Waals surface area (Å²) < 4.78 is 12.2. The van der Waals surface area contributed by atoms with E-state index in [9.17, 15) is 20.0 Å². The van der Waals surface area contributed by atoms with Crippen molar-refractivity contribution in [1.29, 1.82) is 0 Å². The first kappa shape index (κ1) is 16.7. The van der Waals surface area contributed by atoms with Crippen LogP contribution in [0.5, 0.6) is 5.75 Å². The molecule has 2 heterocycles. The summed E-state index contributed by atoms with van der Waals surface area (Å²) >= 11 is 0. The lowest BCUT2D eigenvalue weighted by Gasteiger charge is -2.45. The number of carbonyl (C=O) groups is 1. The molecule has 3 unspecified atom stereocenters. The van der Waals surface area contributed by atoms with Gasteiger partial charge in [-0.25, -0.2) is 4.79 Å². The van der Waals surface area contributed by atoms with E-state index in [0.717, 1.165) is 12.8 Å². The van der Waals surface area contributed by atoms with Crippen molar-refractivity contribution < 1.29 is 24.3 Å². The van der Waals surface area contributed by atoms with Crippen LogP contribution in [0.3, 0.4) is 0 Å². The molecule has 3 atom stereocenters. The van der Waals surface area contributed by atoms with E-state index in [1.165, 1.54) is 18.2 Å². The number of hydrogen-bond donors (Lipinski definition) is 1. The van der Waals surface area contributed by atoms with Crippen LogP contribution in [0.25, 0.3) is 0 Å². The van der Waals surface area contributed by atoms with Gasteiger partial charge in [0.15, 0.2) is 5.75 Å². The van der Waals surface area contributed by atoms with Gasteiger partial charge in [-0.05, 0) is 18.9 Å². The Morgan fingerprint density at radius 3 is 2.58 bits per heavy atom. The zero-order valence-electron chi connectivity index (χ0n) is 13.9. The fourth-order valence-electron chi connectivity index (χ4n) is 3.79. The maximum atomic E-state index is 11.3. The number of hydrogen-bond acceptors (Lipinski definition) is 5. The molecular formula is C17H21NO6. The maximum Gasteiger partial charge on any atom is 0.335 e. The van der Waals surface area contributed by atoms with Crippen molar-refractivity contribution in [3.05, 3.63) is 33.9 Å². The maximum absolute atomic E-state index is 11.3. The average molecular weight is 335 g/mol.